The molecule has 2 atom stereocenters. The van der Waals surface area contributed by atoms with Gasteiger partial charge in [0.05, 0.1) is 0 Å². The summed E-state index contributed by atoms with van der Waals surface area (Å²) in [5, 5.41) is 0. The van der Waals surface area contributed by atoms with Gasteiger partial charge in [-0.1, -0.05) is 22.9 Å². The van der Waals surface area contributed by atoms with Crippen molar-refractivity contribution in [2.75, 3.05) is 0 Å². The Morgan fingerprint density at radius 1 is 1.16 bits per heavy atom. The van der Waals surface area contributed by atoms with E-state index in [1.165, 1.54) is 0 Å². The van der Waals surface area contributed by atoms with Crippen LogP contribution < -0.4 is 10.5 Å². The normalized spacial score (nSPS) is 13.8. The van der Waals surface area contributed by atoms with Crippen LogP contribution in [0.2, 0.25) is 0 Å². The van der Waals surface area contributed by atoms with Crippen molar-refractivity contribution < 1.29 is 4.74 Å². The molecule has 0 radical (unpaired) electrons. The summed E-state index contributed by atoms with van der Waals surface area (Å²) >= 11 is 3.41. The van der Waals surface area contributed by atoms with Crippen LogP contribution in [0.5, 0.6) is 5.75 Å². The lowest BCUT2D eigenvalue weighted by Crippen LogP contribution is -2.31. The third kappa shape index (κ3) is 3.78. The van der Waals surface area contributed by atoms with Gasteiger partial charge < -0.3 is 10.5 Å². The minimum Gasteiger partial charge on any atom is -0.484 e. The zero-order valence-electron chi connectivity index (χ0n) is 10.8. The lowest BCUT2D eigenvalue weighted by molar-refractivity contribution is 0.171. The molecule has 0 aliphatic rings. The first-order chi connectivity index (χ1) is 9.20. The first kappa shape index (κ1) is 14.0. The van der Waals surface area contributed by atoms with Gasteiger partial charge in [-0.05, 0) is 48.4 Å². The van der Waals surface area contributed by atoms with Gasteiger partial charge in [0.25, 0.3) is 0 Å². The maximum absolute atomic E-state index is 6.17. The van der Waals surface area contributed by atoms with E-state index in [2.05, 4.69) is 27.8 Å². The van der Waals surface area contributed by atoms with Crippen molar-refractivity contribution in [3.8, 4) is 5.75 Å². The zero-order valence-corrected chi connectivity index (χ0v) is 12.4. The van der Waals surface area contributed by atoms with E-state index < -0.39 is 0 Å². The van der Waals surface area contributed by atoms with E-state index in [1.54, 1.807) is 12.4 Å². The van der Waals surface area contributed by atoms with Crippen LogP contribution >= 0.6 is 15.9 Å². The van der Waals surface area contributed by atoms with E-state index in [-0.39, 0.29) is 12.1 Å². The molecule has 2 unspecified atom stereocenters. The smallest absolute Gasteiger partial charge is 0.139 e. The van der Waals surface area contributed by atoms with E-state index in [4.69, 9.17) is 10.5 Å². The molecule has 0 aliphatic heterocycles. The number of aromatic nitrogens is 1. The molecule has 1 aromatic heterocycles. The van der Waals surface area contributed by atoms with Crippen molar-refractivity contribution in [2.45, 2.75) is 25.5 Å². The van der Waals surface area contributed by atoms with E-state index in [1.807, 2.05) is 36.4 Å². The highest BCUT2D eigenvalue weighted by Gasteiger charge is 2.20. The van der Waals surface area contributed by atoms with E-state index in [0.717, 1.165) is 22.2 Å². The molecule has 0 amide bonds. The molecule has 0 saturated carbocycles. The Kier molecular flexibility index (Phi) is 4.93. The minimum atomic E-state index is -0.158. The van der Waals surface area contributed by atoms with Crippen molar-refractivity contribution >= 4 is 15.9 Å². The van der Waals surface area contributed by atoms with Gasteiger partial charge in [0.15, 0.2) is 0 Å². The highest BCUT2D eigenvalue weighted by molar-refractivity contribution is 9.10. The first-order valence-corrected chi connectivity index (χ1v) is 7.07. The van der Waals surface area contributed by atoms with Gasteiger partial charge in [-0.3, -0.25) is 4.98 Å². The number of hydrogen-bond donors (Lipinski definition) is 1. The van der Waals surface area contributed by atoms with Gasteiger partial charge in [0.1, 0.15) is 11.9 Å². The lowest BCUT2D eigenvalue weighted by atomic mass is 10.0. The first-order valence-electron chi connectivity index (χ1n) is 6.28. The molecular weight excluding hydrogens is 304 g/mol. The fraction of sp³-hybridized carbons (Fsp3) is 0.267. The van der Waals surface area contributed by atoms with Crippen molar-refractivity contribution in [3.63, 3.8) is 0 Å². The number of hydrogen-bond acceptors (Lipinski definition) is 3. The van der Waals surface area contributed by atoms with Crippen LogP contribution in [0, 0.1) is 0 Å². The molecule has 100 valence electrons. The van der Waals surface area contributed by atoms with Gasteiger partial charge >= 0.3 is 0 Å². The van der Waals surface area contributed by atoms with Gasteiger partial charge in [-0.2, -0.15) is 0 Å². The number of rotatable bonds is 5. The van der Waals surface area contributed by atoms with Crippen LogP contribution in [0.15, 0.2) is 53.3 Å². The molecule has 1 aromatic carbocycles. The maximum Gasteiger partial charge on any atom is 0.139 e. The Balaban J connectivity index is 2.21. The number of nitrogens with two attached hydrogens (primary N) is 1. The van der Waals surface area contributed by atoms with Crippen LogP contribution in [-0.2, 0) is 0 Å². The summed E-state index contributed by atoms with van der Waals surface area (Å²) in [5.41, 5.74) is 7.22. The molecule has 0 fully saturated rings. The van der Waals surface area contributed by atoms with Crippen LogP contribution in [-0.4, -0.2) is 11.0 Å². The molecule has 0 aliphatic carbocycles. The Labute approximate surface area is 121 Å². The zero-order chi connectivity index (χ0) is 13.7. The Hall–Kier alpha value is -1.39. The highest BCUT2D eigenvalue weighted by atomic mass is 79.9. The molecule has 0 saturated heterocycles. The van der Waals surface area contributed by atoms with Crippen molar-refractivity contribution in [1.82, 2.24) is 4.98 Å². The summed E-state index contributed by atoms with van der Waals surface area (Å²) in [6, 6.07) is 11.6. The SMILES string of the molecule is CCC(N)C(Oc1ccc(Br)cc1)c1ccncc1. The molecule has 2 rings (SSSR count). The molecule has 4 heteroatoms. The topological polar surface area (TPSA) is 48.1 Å². The van der Waals surface area contributed by atoms with Crippen molar-refractivity contribution in [2.24, 2.45) is 5.73 Å². The molecule has 2 N–H and O–H groups in total. The lowest BCUT2D eigenvalue weighted by Gasteiger charge is -2.24. The summed E-state index contributed by atoms with van der Waals surface area (Å²) in [6.07, 6.45) is 4.21. The molecule has 2 aromatic rings. The number of pyridine rings is 1. The number of ether oxygens (including phenoxy) is 1. The van der Waals surface area contributed by atoms with Gasteiger partial charge in [0, 0.05) is 22.9 Å². The van der Waals surface area contributed by atoms with E-state index in [0.29, 0.717) is 0 Å². The van der Waals surface area contributed by atoms with Crippen molar-refractivity contribution in [1.29, 1.82) is 0 Å². The quantitative estimate of drug-likeness (QED) is 0.913. The predicted molar refractivity (Wildman–Crippen MR) is 80.0 cm³/mol. The van der Waals surface area contributed by atoms with Crippen LogP contribution in [0.4, 0.5) is 0 Å². The van der Waals surface area contributed by atoms with Gasteiger partial charge in [-0.15, -0.1) is 0 Å². The summed E-state index contributed by atoms with van der Waals surface area (Å²) in [6.45, 7) is 2.06. The Morgan fingerprint density at radius 2 is 1.79 bits per heavy atom. The molecule has 0 spiro atoms. The number of halogens is 1. The second kappa shape index (κ2) is 6.68. The highest BCUT2D eigenvalue weighted by Crippen LogP contribution is 2.26. The molecule has 19 heavy (non-hydrogen) atoms. The second-order valence-electron chi connectivity index (χ2n) is 4.35. The number of benzene rings is 1. The van der Waals surface area contributed by atoms with Crippen molar-refractivity contribution in [3.05, 3.63) is 58.8 Å². The summed E-state index contributed by atoms with van der Waals surface area (Å²) in [7, 11) is 0. The average Bonchev–Trinajstić information content (AvgIpc) is 2.47. The summed E-state index contributed by atoms with van der Waals surface area (Å²) < 4.78 is 7.06. The van der Waals surface area contributed by atoms with Crippen LogP contribution in [0.1, 0.15) is 25.0 Å². The Morgan fingerprint density at radius 3 is 2.37 bits per heavy atom. The van der Waals surface area contributed by atoms with Gasteiger partial charge in [-0.25, -0.2) is 0 Å². The molecule has 0 bridgehead atoms. The third-order valence-corrected chi connectivity index (χ3v) is 3.50. The van der Waals surface area contributed by atoms with Crippen LogP contribution in [0.25, 0.3) is 0 Å². The third-order valence-electron chi connectivity index (χ3n) is 2.97. The molecule has 1 heterocycles. The standard InChI is InChI=1S/C15H17BrN2O/c1-2-14(17)15(11-7-9-18-10-8-11)19-13-5-3-12(16)4-6-13/h3-10,14-15H,2,17H2,1H3. The fourth-order valence-corrected chi connectivity index (χ4v) is 2.09. The monoisotopic (exact) mass is 320 g/mol. The molecule has 3 nitrogen and oxygen atoms in total. The largest absolute Gasteiger partial charge is 0.484 e. The average molecular weight is 321 g/mol. The predicted octanol–water partition coefficient (Wildman–Crippen LogP) is 3.70. The van der Waals surface area contributed by atoms with Gasteiger partial charge in [0.2, 0.25) is 0 Å². The Bertz CT molecular complexity index is 501. The summed E-state index contributed by atoms with van der Waals surface area (Å²) in [4.78, 5) is 4.03. The number of nitrogens with zero attached hydrogens (tertiary/aromatic N) is 1. The van der Waals surface area contributed by atoms with E-state index in [9.17, 15) is 0 Å². The summed E-state index contributed by atoms with van der Waals surface area (Å²) in [5.74, 6) is 0.814. The fourth-order valence-electron chi connectivity index (χ4n) is 1.83. The second-order valence-corrected chi connectivity index (χ2v) is 5.26. The maximum atomic E-state index is 6.17. The molecular formula is C15H17BrN2O. The van der Waals surface area contributed by atoms with Crippen LogP contribution in [0.3, 0.4) is 0 Å². The minimum absolute atomic E-state index is 0.0500. The van der Waals surface area contributed by atoms with E-state index >= 15 is 0 Å².